The minimum atomic E-state index is -4.00. The van der Waals surface area contributed by atoms with Crippen LogP contribution in [-0.2, 0) is 20.3 Å². The molecule has 0 radical (unpaired) electrons. The van der Waals surface area contributed by atoms with Crippen LogP contribution in [-0.4, -0.2) is 66.8 Å². The number of carbonyl (C=O) groups excluding carboxylic acids is 3. The van der Waals surface area contributed by atoms with Crippen molar-refractivity contribution in [1.82, 2.24) is 15.1 Å². The van der Waals surface area contributed by atoms with Crippen LogP contribution in [0.1, 0.15) is 68.1 Å². The smallest absolute Gasteiger partial charge is 0.340 e. The maximum absolute atomic E-state index is 15.2. The van der Waals surface area contributed by atoms with E-state index >= 15 is 13.2 Å². The molecule has 0 spiro atoms. The number of rotatable bonds is 9. The van der Waals surface area contributed by atoms with Gasteiger partial charge in [0.15, 0.2) is 0 Å². The Morgan fingerprint density at radius 2 is 1.74 bits per heavy atom. The van der Waals surface area contributed by atoms with Gasteiger partial charge in [-0.05, 0) is 61.6 Å². The first kappa shape index (κ1) is 32.0. The van der Waals surface area contributed by atoms with Crippen molar-refractivity contribution in [3.8, 4) is 6.07 Å². The molecule has 0 aromatic heterocycles. The number of hydrogen-bond acceptors (Lipinski definition) is 5. The molecule has 43 heavy (non-hydrogen) atoms. The summed E-state index contributed by atoms with van der Waals surface area (Å²) in [6.07, 6.45) is 3.80. The fraction of sp³-hybridized carbons (Fsp3) is 0.500. The van der Waals surface area contributed by atoms with Crippen LogP contribution >= 0.6 is 0 Å². The molecule has 1 aliphatic carbocycles. The third kappa shape index (κ3) is 7.93. The number of carbonyl (C=O) groups is 3. The molecule has 1 heterocycles. The van der Waals surface area contributed by atoms with Crippen LogP contribution in [0.15, 0.2) is 42.5 Å². The summed E-state index contributed by atoms with van der Waals surface area (Å²) in [6.45, 7) is 4.74. The molecule has 2 fully saturated rings. The lowest BCUT2D eigenvalue weighted by Crippen LogP contribution is -2.52. The van der Waals surface area contributed by atoms with E-state index in [4.69, 9.17) is 5.26 Å². The van der Waals surface area contributed by atoms with Crippen molar-refractivity contribution in [1.29, 1.82) is 5.26 Å². The summed E-state index contributed by atoms with van der Waals surface area (Å²) in [7, 11) is 2.00. The van der Waals surface area contributed by atoms with Gasteiger partial charge in [-0.2, -0.15) is 14.0 Å². The lowest BCUT2D eigenvalue weighted by atomic mass is 9.83. The van der Waals surface area contributed by atoms with Crippen molar-refractivity contribution in [3.05, 3.63) is 65.0 Å². The second kappa shape index (κ2) is 14.0. The van der Waals surface area contributed by atoms with E-state index in [2.05, 4.69) is 15.5 Å². The Morgan fingerprint density at radius 3 is 2.40 bits per heavy atom. The van der Waals surface area contributed by atoms with Crippen LogP contribution in [0.2, 0.25) is 0 Å². The van der Waals surface area contributed by atoms with Crippen LogP contribution in [0.25, 0.3) is 0 Å². The zero-order valence-corrected chi connectivity index (χ0v) is 24.5. The lowest BCUT2D eigenvalue weighted by molar-refractivity contribution is -0.149. The number of nitrogens with zero attached hydrogens (tertiary/aromatic N) is 3. The van der Waals surface area contributed by atoms with Gasteiger partial charge in [0, 0.05) is 38.2 Å². The van der Waals surface area contributed by atoms with Crippen molar-refractivity contribution >= 4 is 23.4 Å². The van der Waals surface area contributed by atoms with Crippen molar-refractivity contribution < 1.29 is 27.6 Å². The zero-order valence-electron chi connectivity index (χ0n) is 24.5. The highest BCUT2D eigenvalue weighted by Gasteiger charge is 2.44. The molecule has 2 aromatic rings. The van der Waals surface area contributed by atoms with E-state index in [9.17, 15) is 14.4 Å². The van der Waals surface area contributed by atoms with E-state index in [0.717, 1.165) is 44.5 Å². The Bertz CT molecular complexity index is 1360. The van der Waals surface area contributed by atoms with Gasteiger partial charge in [0.05, 0.1) is 17.3 Å². The predicted molar refractivity (Wildman–Crippen MR) is 156 cm³/mol. The molecular formula is C32H38F3N5O3. The molecule has 8 nitrogen and oxygen atoms in total. The van der Waals surface area contributed by atoms with E-state index in [-0.39, 0.29) is 29.5 Å². The monoisotopic (exact) mass is 597 g/mol. The molecule has 230 valence electrons. The molecule has 0 bridgehead atoms. The summed E-state index contributed by atoms with van der Waals surface area (Å²) in [4.78, 5) is 43.0. The number of halogens is 3. The first-order valence-corrected chi connectivity index (χ1v) is 14.8. The van der Waals surface area contributed by atoms with Gasteiger partial charge < -0.3 is 20.4 Å². The fourth-order valence-corrected chi connectivity index (χ4v) is 5.73. The van der Waals surface area contributed by atoms with Crippen LogP contribution in [0, 0.1) is 23.1 Å². The minimum Gasteiger partial charge on any atom is -0.340 e. The van der Waals surface area contributed by atoms with E-state index in [1.54, 1.807) is 12.1 Å². The first-order valence-electron chi connectivity index (χ1n) is 14.8. The Kier molecular flexibility index (Phi) is 10.5. The average Bonchev–Trinajstić information content (AvgIpc) is 3.01. The highest BCUT2D eigenvalue weighted by Crippen LogP contribution is 2.32. The lowest BCUT2D eigenvalue weighted by Gasteiger charge is -2.33. The van der Waals surface area contributed by atoms with Crippen LogP contribution in [0.5, 0.6) is 0 Å². The second-order valence-electron chi connectivity index (χ2n) is 11.6. The number of anilines is 1. The molecule has 2 aromatic carbocycles. The Labute approximate surface area is 250 Å². The average molecular weight is 598 g/mol. The summed E-state index contributed by atoms with van der Waals surface area (Å²) in [5.41, 5.74) is -0.235. The largest absolute Gasteiger partial charge is 0.349 e. The predicted octanol–water partition coefficient (Wildman–Crippen LogP) is 4.76. The maximum atomic E-state index is 15.2. The number of nitrogens with one attached hydrogen (secondary N) is 2. The van der Waals surface area contributed by atoms with Crippen LogP contribution in [0.4, 0.5) is 18.9 Å². The number of benzene rings is 2. The third-order valence-electron chi connectivity index (χ3n) is 8.49. The second-order valence-corrected chi connectivity index (χ2v) is 11.6. The SMILES string of the molecule is C[C@H](CC(=O)N1CCN(C)CC1)c1ccc(NC(=O)[C@@H](NC(=O)C(F)(F)c2cccc(C#N)c2)C2CCCCC2)c(F)c1. The molecule has 4 rings (SSSR count). The fourth-order valence-electron chi connectivity index (χ4n) is 5.73. The maximum Gasteiger partial charge on any atom is 0.349 e. The molecule has 11 heteroatoms. The molecule has 2 atom stereocenters. The standard InChI is InChI=1S/C32H38F3N5O3/c1-21(17-28(41)40-15-13-39(2)14-16-40)24-11-12-27(26(33)19-24)37-30(42)29(23-8-4-3-5-9-23)38-31(43)32(34,35)25-10-6-7-22(18-25)20-36/h6-7,10-12,18-19,21,23,29H,3-5,8-9,13-17H2,1-2H3,(H,37,42)(H,38,43)/t21-,29+/m1/s1. The topological polar surface area (TPSA) is 106 Å². The molecule has 1 aliphatic heterocycles. The molecular weight excluding hydrogens is 559 g/mol. The van der Waals surface area contributed by atoms with Gasteiger partial charge >= 0.3 is 5.92 Å². The molecule has 2 N–H and O–H groups in total. The van der Waals surface area contributed by atoms with Gasteiger partial charge in [0.1, 0.15) is 11.9 Å². The van der Waals surface area contributed by atoms with Crippen LogP contribution < -0.4 is 10.6 Å². The van der Waals surface area contributed by atoms with Crippen LogP contribution in [0.3, 0.4) is 0 Å². The summed E-state index contributed by atoms with van der Waals surface area (Å²) in [5, 5.41) is 13.8. The Hall–Kier alpha value is -3.91. The number of alkyl halides is 2. The van der Waals surface area contributed by atoms with Crippen molar-refractivity contribution in [3.63, 3.8) is 0 Å². The third-order valence-corrected chi connectivity index (χ3v) is 8.49. The number of nitriles is 1. The molecule has 2 aliphatic rings. The van der Waals surface area contributed by atoms with Gasteiger partial charge in [-0.15, -0.1) is 0 Å². The number of hydrogen-bond donors (Lipinski definition) is 2. The molecule has 0 unspecified atom stereocenters. The van der Waals surface area contributed by atoms with Crippen molar-refractivity contribution in [2.24, 2.45) is 5.92 Å². The van der Waals surface area contributed by atoms with E-state index < -0.39 is 41.1 Å². The number of amides is 3. The highest BCUT2D eigenvalue weighted by molar-refractivity contribution is 5.98. The molecule has 3 amide bonds. The quantitative estimate of drug-likeness (QED) is 0.434. The normalized spacial score (nSPS) is 17.9. The van der Waals surface area contributed by atoms with Gasteiger partial charge in [-0.1, -0.05) is 44.4 Å². The minimum absolute atomic E-state index is 0.000560. The first-order chi connectivity index (χ1) is 20.5. The van der Waals surface area contributed by atoms with Crippen molar-refractivity contribution in [2.75, 3.05) is 38.5 Å². The summed E-state index contributed by atoms with van der Waals surface area (Å²) in [6, 6.07) is 9.34. The number of piperazine rings is 1. The highest BCUT2D eigenvalue weighted by atomic mass is 19.3. The molecule has 1 saturated heterocycles. The molecule has 1 saturated carbocycles. The van der Waals surface area contributed by atoms with E-state index in [0.29, 0.717) is 31.5 Å². The van der Waals surface area contributed by atoms with E-state index in [1.165, 1.54) is 24.3 Å². The summed E-state index contributed by atoms with van der Waals surface area (Å²) < 4.78 is 45.5. The number of likely N-dealkylation sites (N-methyl/N-ethyl adjacent to an activating group) is 1. The van der Waals surface area contributed by atoms with Gasteiger partial charge in [-0.25, -0.2) is 4.39 Å². The van der Waals surface area contributed by atoms with Gasteiger partial charge in [0.2, 0.25) is 11.8 Å². The van der Waals surface area contributed by atoms with E-state index in [1.807, 2.05) is 18.9 Å². The summed E-state index contributed by atoms with van der Waals surface area (Å²) >= 11 is 0. The zero-order chi connectivity index (χ0) is 31.1. The Balaban J connectivity index is 1.45. The van der Waals surface area contributed by atoms with Crippen molar-refractivity contribution in [2.45, 2.75) is 63.3 Å². The summed E-state index contributed by atoms with van der Waals surface area (Å²) in [5.74, 6) is -7.83. The van der Waals surface area contributed by atoms with Gasteiger partial charge in [-0.3, -0.25) is 14.4 Å². The van der Waals surface area contributed by atoms with Gasteiger partial charge in [0.25, 0.3) is 5.91 Å². The Morgan fingerprint density at radius 1 is 1.05 bits per heavy atom.